The maximum Gasteiger partial charge on any atom is 0.274 e. The number of nitrogens with zero attached hydrogens (tertiary/aromatic N) is 2. The molecule has 4 nitrogen and oxygen atoms in total. The van der Waals surface area contributed by atoms with Crippen molar-refractivity contribution in [2.24, 2.45) is 0 Å². The van der Waals surface area contributed by atoms with Gasteiger partial charge in [-0.05, 0) is 25.1 Å². The average molecular weight is 233 g/mol. The van der Waals surface area contributed by atoms with E-state index in [-0.39, 0.29) is 11.6 Å². The van der Waals surface area contributed by atoms with Crippen LogP contribution >= 0.6 is 0 Å². The van der Waals surface area contributed by atoms with Crippen LogP contribution in [0, 0.1) is 5.82 Å². The SMILES string of the molecule is CCn1nccc1C(=O)Nc1ccccc1F. The van der Waals surface area contributed by atoms with Crippen molar-refractivity contribution in [2.75, 3.05) is 5.32 Å². The van der Waals surface area contributed by atoms with Crippen molar-refractivity contribution in [2.45, 2.75) is 13.5 Å². The van der Waals surface area contributed by atoms with Crippen LogP contribution in [-0.2, 0) is 6.54 Å². The molecule has 2 aromatic rings. The minimum atomic E-state index is -0.455. The molecule has 0 saturated carbocycles. The fourth-order valence-electron chi connectivity index (χ4n) is 1.53. The molecule has 0 saturated heterocycles. The van der Waals surface area contributed by atoms with Crippen LogP contribution in [0.4, 0.5) is 10.1 Å². The highest BCUT2D eigenvalue weighted by Crippen LogP contribution is 2.13. The standard InChI is InChI=1S/C12H12FN3O/c1-2-16-11(7-8-14-16)12(17)15-10-6-4-3-5-9(10)13/h3-8H,2H2,1H3,(H,15,17). The number of benzene rings is 1. The summed E-state index contributed by atoms with van der Waals surface area (Å²) in [5.41, 5.74) is 0.581. The second kappa shape index (κ2) is 4.78. The van der Waals surface area contributed by atoms with Gasteiger partial charge in [0, 0.05) is 12.7 Å². The van der Waals surface area contributed by atoms with Crippen LogP contribution in [0.3, 0.4) is 0 Å². The summed E-state index contributed by atoms with van der Waals surface area (Å²) < 4.78 is 14.9. The van der Waals surface area contributed by atoms with E-state index in [1.165, 1.54) is 12.1 Å². The summed E-state index contributed by atoms with van der Waals surface area (Å²) in [6.45, 7) is 2.47. The smallest absolute Gasteiger partial charge is 0.274 e. The molecule has 0 spiro atoms. The first-order valence-electron chi connectivity index (χ1n) is 5.30. The van der Waals surface area contributed by atoms with Gasteiger partial charge in [-0.2, -0.15) is 5.10 Å². The van der Waals surface area contributed by atoms with E-state index in [2.05, 4.69) is 10.4 Å². The van der Waals surface area contributed by atoms with Crippen molar-refractivity contribution in [3.05, 3.63) is 48.0 Å². The van der Waals surface area contributed by atoms with Crippen molar-refractivity contribution in [1.29, 1.82) is 0 Å². The van der Waals surface area contributed by atoms with Crippen LogP contribution in [0.2, 0.25) is 0 Å². The van der Waals surface area contributed by atoms with Crippen molar-refractivity contribution in [3.8, 4) is 0 Å². The van der Waals surface area contributed by atoms with Gasteiger partial charge in [-0.25, -0.2) is 4.39 Å². The summed E-state index contributed by atoms with van der Waals surface area (Å²) in [6, 6.07) is 7.64. The average Bonchev–Trinajstić information content (AvgIpc) is 2.80. The topological polar surface area (TPSA) is 46.9 Å². The second-order valence-electron chi connectivity index (χ2n) is 3.47. The molecule has 0 aliphatic heterocycles. The third-order valence-corrected chi connectivity index (χ3v) is 2.37. The first-order valence-corrected chi connectivity index (χ1v) is 5.30. The quantitative estimate of drug-likeness (QED) is 0.884. The number of carbonyl (C=O) groups is 1. The third-order valence-electron chi connectivity index (χ3n) is 2.37. The normalized spacial score (nSPS) is 10.2. The highest BCUT2D eigenvalue weighted by molar-refractivity contribution is 6.03. The molecule has 0 fully saturated rings. The van der Waals surface area contributed by atoms with E-state index in [9.17, 15) is 9.18 Å². The van der Waals surface area contributed by atoms with Gasteiger partial charge in [0.25, 0.3) is 5.91 Å². The van der Waals surface area contributed by atoms with Crippen molar-refractivity contribution in [1.82, 2.24) is 9.78 Å². The number of anilines is 1. The monoisotopic (exact) mass is 233 g/mol. The Balaban J connectivity index is 2.20. The summed E-state index contributed by atoms with van der Waals surface area (Å²) in [6.07, 6.45) is 1.54. The van der Waals surface area contributed by atoms with Gasteiger partial charge in [0.1, 0.15) is 11.5 Å². The van der Waals surface area contributed by atoms with Gasteiger partial charge in [-0.3, -0.25) is 9.48 Å². The minimum Gasteiger partial charge on any atom is -0.318 e. The van der Waals surface area contributed by atoms with Gasteiger partial charge in [0.2, 0.25) is 0 Å². The molecule has 0 aliphatic carbocycles. The Morgan fingerprint density at radius 3 is 2.88 bits per heavy atom. The summed E-state index contributed by atoms with van der Waals surface area (Å²) in [4.78, 5) is 11.9. The number of carbonyl (C=O) groups excluding carboxylic acids is 1. The van der Waals surface area contributed by atoms with E-state index in [1.54, 1.807) is 29.1 Å². The van der Waals surface area contributed by atoms with E-state index in [0.717, 1.165) is 0 Å². The molecule has 1 heterocycles. The predicted octanol–water partition coefficient (Wildman–Crippen LogP) is 2.29. The largest absolute Gasteiger partial charge is 0.318 e. The first-order chi connectivity index (χ1) is 8.22. The number of hydrogen-bond acceptors (Lipinski definition) is 2. The maximum atomic E-state index is 13.3. The molecule has 0 radical (unpaired) electrons. The van der Waals surface area contributed by atoms with Crippen LogP contribution in [0.15, 0.2) is 36.5 Å². The van der Waals surface area contributed by atoms with Gasteiger partial charge in [0.05, 0.1) is 5.69 Å². The van der Waals surface area contributed by atoms with Gasteiger partial charge in [-0.15, -0.1) is 0 Å². The zero-order valence-corrected chi connectivity index (χ0v) is 9.35. The number of halogens is 1. The molecular formula is C12H12FN3O. The Kier molecular flexibility index (Phi) is 3.18. The summed E-state index contributed by atoms with van der Waals surface area (Å²) in [7, 11) is 0. The van der Waals surface area contributed by atoms with Gasteiger partial charge in [0.15, 0.2) is 0 Å². The van der Waals surface area contributed by atoms with Crippen molar-refractivity contribution in [3.63, 3.8) is 0 Å². The lowest BCUT2D eigenvalue weighted by Crippen LogP contribution is -2.17. The van der Waals surface area contributed by atoms with Gasteiger partial charge >= 0.3 is 0 Å². The Bertz CT molecular complexity index is 536. The Labute approximate surface area is 98.1 Å². The molecular weight excluding hydrogens is 221 g/mol. The van der Waals surface area contributed by atoms with E-state index >= 15 is 0 Å². The Hall–Kier alpha value is -2.17. The molecule has 2 rings (SSSR count). The summed E-state index contributed by atoms with van der Waals surface area (Å²) >= 11 is 0. The number of para-hydroxylation sites is 1. The molecule has 1 aromatic heterocycles. The lowest BCUT2D eigenvalue weighted by molar-refractivity contribution is 0.101. The number of aromatic nitrogens is 2. The minimum absolute atomic E-state index is 0.168. The van der Waals surface area contributed by atoms with E-state index in [4.69, 9.17) is 0 Å². The van der Waals surface area contributed by atoms with Crippen molar-refractivity contribution >= 4 is 11.6 Å². The second-order valence-corrected chi connectivity index (χ2v) is 3.47. The van der Waals surface area contributed by atoms with E-state index in [1.807, 2.05) is 6.92 Å². The van der Waals surface area contributed by atoms with Crippen LogP contribution < -0.4 is 5.32 Å². The fourth-order valence-corrected chi connectivity index (χ4v) is 1.53. The molecule has 1 aromatic carbocycles. The molecule has 0 atom stereocenters. The fraction of sp³-hybridized carbons (Fsp3) is 0.167. The van der Waals surface area contributed by atoms with Crippen molar-refractivity contribution < 1.29 is 9.18 Å². The number of amides is 1. The maximum absolute atomic E-state index is 13.3. The van der Waals surface area contributed by atoms with Gasteiger partial charge in [-0.1, -0.05) is 12.1 Å². The number of nitrogens with one attached hydrogen (secondary N) is 1. The molecule has 5 heteroatoms. The molecule has 0 unspecified atom stereocenters. The molecule has 0 bridgehead atoms. The molecule has 17 heavy (non-hydrogen) atoms. The van der Waals surface area contributed by atoms with Crippen LogP contribution in [0.1, 0.15) is 17.4 Å². The highest BCUT2D eigenvalue weighted by atomic mass is 19.1. The zero-order chi connectivity index (χ0) is 12.3. The van der Waals surface area contributed by atoms with E-state index in [0.29, 0.717) is 12.2 Å². The Morgan fingerprint density at radius 1 is 1.41 bits per heavy atom. The van der Waals surface area contributed by atoms with Gasteiger partial charge < -0.3 is 5.32 Å². The lowest BCUT2D eigenvalue weighted by atomic mass is 10.3. The summed E-state index contributed by atoms with van der Waals surface area (Å²) in [5.74, 6) is -0.821. The first kappa shape index (κ1) is 11.3. The molecule has 88 valence electrons. The summed E-state index contributed by atoms with van der Waals surface area (Å²) in [5, 5.41) is 6.49. The van der Waals surface area contributed by atoms with Crippen LogP contribution in [0.5, 0.6) is 0 Å². The number of hydrogen-bond donors (Lipinski definition) is 1. The molecule has 1 N–H and O–H groups in total. The highest BCUT2D eigenvalue weighted by Gasteiger charge is 2.12. The number of rotatable bonds is 3. The Morgan fingerprint density at radius 2 is 2.18 bits per heavy atom. The third kappa shape index (κ3) is 2.33. The lowest BCUT2D eigenvalue weighted by Gasteiger charge is -2.07. The van der Waals surface area contributed by atoms with Crippen LogP contribution in [-0.4, -0.2) is 15.7 Å². The van der Waals surface area contributed by atoms with E-state index < -0.39 is 5.82 Å². The molecule has 1 amide bonds. The molecule has 0 aliphatic rings. The zero-order valence-electron chi connectivity index (χ0n) is 9.35. The predicted molar refractivity (Wildman–Crippen MR) is 62.3 cm³/mol. The number of aryl methyl sites for hydroxylation is 1. The van der Waals surface area contributed by atoms with Crippen LogP contribution in [0.25, 0.3) is 0 Å².